The molecule has 0 aliphatic heterocycles. The number of amidine groups is 2. The van der Waals surface area contributed by atoms with Crippen LogP contribution >= 0.6 is 48.0 Å². The summed E-state index contributed by atoms with van der Waals surface area (Å²) in [6.45, 7) is 13.5. The van der Waals surface area contributed by atoms with Crippen LogP contribution in [0.25, 0.3) is 0 Å². The number of hydrogen-bond donors (Lipinski definition) is 4. The van der Waals surface area contributed by atoms with E-state index in [-0.39, 0.29) is 6.04 Å². The van der Waals surface area contributed by atoms with Gasteiger partial charge in [-0.2, -0.15) is 0 Å². The first-order valence-corrected chi connectivity index (χ1v) is 10.1. The molecule has 140 valence electrons. The summed E-state index contributed by atoms with van der Waals surface area (Å²) in [7, 11) is 0. The summed E-state index contributed by atoms with van der Waals surface area (Å²) in [4.78, 5) is 8.13. The Balaban J connectivity index is 0. The van der Waals surface area contributed by atoms with E-state index in [0.29, 0.717) is 31.6 Å². The zero-order chi connectivity index (χ0) is 19.1. The third-order valence-electron chi connectivity index (χ3n) is 1.82. The van der Waals surface area contributed by atoms with E-state index >= 15 is 0 Å². The van der Waals surface area contributed by atoms with Gasteiger partial charge in [-0.1, -0.05) is 24.4 Å². The molecule has 10 heteroatoms. The lowest BCUT2D eigenvalue weighted by Gasteiger charge is -2.10. The number of rotatable bonds is 4. The molecule has 0 aromatic carbocycles. The molecule has 0 saturated carbocycles. The molecule has 0 amide bonds. The molecule has 0 saturated heterocycles. The molecule has 0 rings (SSSR count). The first kappa shape index (κ1) is 25.7. The molecule has 0 atom stereocenters. The first-order valence-electron chi connectivity index (χ1n) is 7.69. The Morgan fingerprint density at radius 3 is 1.96 bits per heavy atom. The average Bonchev–Trinajstić information content (AvgIpc) is 2.37. The highest BCUT2D eigenvalue weighted by atomic mass is 32.2. The molecule has 0 aliphatic rings. The van der Waals surface area contributed by atoms with Crippen LogP contribution < -0.4 is 22.1 Å². The smallest absolute Gasteiger partial charge is 0.161 e. The first-order chi connectivity index (χ1) is 11.1. The van der Waals surface area contributed by atoms with Gasteiger partial charge >= 0.3 is 0 Å². The minimum absolute atomic E-state index is 0.217. The van der Waals surface area contributed by atoms with Gasteiger partial charge in [-0.15, -0.1) is 0 Å². The van der Waals surface area contributed by atoms with Gasteiger partial charge in [0.1, 0.15) is 8.64 Å². The summed E-state index contributed by atoms with van der Waals surface area (Å²) in [6.07, 6.45) is 0. The van der Waals surface area contributed by atoms with Crippen molar-refractivity contribution in [3.05, 3.63) is 0 Å². The lowest BCUT2D eigenvalue weighted by Crippen LogP contribution is -2.28. The topological polar surface area (TPSA) is 101 Å². The van der Waals surface area contributed by atoms with Crippen molar-refractivity contribution in [2.45, 2.75) is 53.6 Å². The summed E-state index contributed by atoms with van der Waals surface area (Å²) in [5.41, 5.74) is 11.1. The fourth-order valence-electron chi connectivity index (χ4n) is 1.10. The van der Waals surface area contributed by atoms with Crippen LogP contribution in [0.15, 0.2) is 9.98 Å². The van der Waals surface area contributed by atoms with Crippen molar-refractivity contribution in [3.8, 4) is 0 Å². The van der Waals surface area contributed by atoms with Crippen LogP contribution in [0.2, 0.25) is 0 Å². The summed E-state index contributed by atoms with van der Waals surface area (Å²) >= 11 is 12.6. The highest BCUT2D eigenvalue weighted by Crippen LogP contribution is 2.04. The molecule has 0 aromatic rings. The molecule has 0 fully saturated rings. The van der Waals surface area contributed by atoms with Crippen LogP contribution in [0.3, 0.4) is 0 Å². The molecule has 0 unspecified atom stereocenters. The van der Waals surface area contributed by atoms with E-state index < -0.39 is 0 Å². The molecule has 0 aliphatic carbocycles. The number of aliphatic imine (C=N–C) groups is 2. The van der Waals surface area contributed by atoms with Gasteiger partial charge in [0.05, 0.1) is 0 Å². The lowest BCUT2D eigenvalue weighted by molar-refractivity contribution is 0.747. The molecule has 0 aromatic heterocycles. The van der Waals surface area contributed by atoms with Crippen LogP contribution in [0.5, 0.6) is 0 Å². The van der Waals surface area contributed by atoms with E-state index in [4.69, 9.17) is 35.9 Å². The maximum atomic E-state index is 5.64. The van der Waals surface area contributed by atoms with E-state index in [9.17, 15) is 0 Å². The quantitative estimate of drug-likeness (QED) is 0.319. The molecule has 0 radical (unpaired) electrons. The van der Waals surface area contributed by atoms with Crippen molar-refractivity contribution >= 4 is 66.9 Å². The predicted octanol–water partition coefficient (Wildman–Crippen LogP) is 2.67. The van der Waals surface area contributed by atoms with Crippen molar-refractivity contribution < 1.29 is 0 Å². The van der Waals surface area contributed by atoms with E-state index in [0.717, 1.165) is 6.54 Å². The van der Waals surface area contributed by atoms with Crippen LogP contribution in [0, 0.1) is 0 Å². The second kappa shape index (κ2) is 15.9. The van der Waals surface area contributed by atoms with Gasteiger partial charge in [0.2, 0.25) is 0 Å². The van der Waals surface area contributed by atoms with Gasteiger partial charge in [0.25, 0.3) is 0 Å². The lowest BCUT2D eigenvalue weighted by atomic mass is 10.4. The molecule has 0 bridgehead atoms. The zero-order valence-electron chi connectivity index (χ0n) is 15.3. The molecular weight excluding hydrogens is 380 g/mol. The van der Waals surface area contributed by atoms with Gasteiger partial charge in [0, 0.05) is 25.2 Å². The largest absolute Gasteiger partial charge is 0.378 e. The van der Waals surface area contributed by atoms with E-state index in [2.05, 4.69) is 20.6 Å². The number of thiocarbonyl (C=S) groups is 2. The fraction of sp³-hybridized carbons (Fsp3) is 0.714. The van der Waals surface area contributed by atoms with Crippen LogP contribution in [-0.2, 0) is 0 Å². The highest BCUT2D eigenvalue weighted by molar-refractivity contribution is 8.33. The third-order valence-corrected chi connectivity index (χ3v) is 3.87. The summed E-state index contributed by atoms with van der Waals surface area (Å²) in [6, 6.07) is 0.557. The number of nitrogens with two attached hydrogens (primary N) is 2. The number of thioether (sulfide) groups is 2. The van der Waals surface area contributed by atoms with Crippen molar-refractivity contribution in [1.82, 2.24) is 10.6 Å². The normalized spacial score (nSPS) is 11.8. The van der Waals surface area contributed by atoms with Gasteiger partial charge in [0.15, 0.2) is 10.3 Å². The van der Waals surface area contributed by atoms with Crippen LogP contribution in [-0.4, -0.2) is 44.1 Å². The highest BCUT2D eigenvalue weighted by Gasteiger charge is 2.03. The van der Waals surface area contributed by atoms with Gasteiger partial charge < -0.3 is 22.1 Å². The number of hydrogen-bond acceptors (Lipinski definition) is 6. The Morgan fingerprint density at radius 1 is 1.00 bits per heavy atom. The summed E-state index contributed by atoms with van der Waals surface area (Å²) < 4.78 is 1.36. The van der Waals surface area contributed by atoms with E-state index in [1.165, 1.54) is 23.5 Å². The maximum Gasteiger partial charge on any atom is 0.161 e. The Morgan fingerprint density at radius 2 is 1.54 bits per heavy atom. The van der Waals surface area contributed by atoms with Crippen molar-refractivity contribution in [3.63, 3.8) is 0 Å². The number of nitrogens with zero attached hydrogens (tertiary/aromatic N) is 2. The van der Waals surface area contributed by atoms with Crippen molar-refractivity contribution in [1.29, 1.82) is 0 Å². The van der Waals surface area contributed by atoms with Crippen molar-refractivity contribution in [2.75, 3.05) is 13.1 Å². The van der Waals surface area contributed by atoms with E-state index in [1.54, 1.807) is 0 Å². The standard InChI is InChI=1S/C8H17N3S2.C6H13N3S2/c1-5(2)10-7(9)13-8(12)11-6(3)4;1-3-8-5(7)11-6(10)9-4-2/h5-6H,1-4H3,(H2,9,10)(H,11,12);3-4H2,1-2H3,(H2,7,8)(H,9,10). The maximum absolute atomic E-state index is 5.64. The molecular formula is C14H30N6S4. The SMILES string of the molecule is CC(C)N=C(N)SC(=S)NC(C)C.CCN=C(N)SC(=S)NCC. The van der Waals surface area contributed by atoms with Gasteiger partial charge in [-0.3, -0.25) is 9.98 Å². The number of nitrogens with one attached hydrogen (secondary N) is 2. The third kappa shape index (κ3) is 19.5. The van der Waals surface area contributed by atoms with Crippen LogP contribution in [0.4, 0.5) is 0 Å². The van der Waals surface area contributed by atoms with Crippen molar-refractivity contribution in [2.24, 2.45) is 21.5 Å². The zero-order valence-corrected chi connectivity index (χ0v) is 18.5. The van der Waals surface area contributed by atoms with E-state index in [1.807, 2.05) is 41.5 Å². The molecule has 24 heavy (non-hydrogen) atoms. The Kier molecular flexibility index (Phi) is 17.0. The second-order valence-electron chi connectivity index (χ2n) is 4.98. The minimum Gasteiger partial charge on any atom is -0.378 e. The average molecular weight is 411 g/mol. The molecule has 0 heterocycles. The van der Waals surface area contributed by atoms with Gasteiger partial charge in [-0.05, 0) is 65.1 Å². The predicted molar refractivity (Wildman–Crippen MR) is 121 cm³/mol. The summed E-state index contributed by atoms with van der Waals surface area (Å²) in [5, 5.41) is 7.10. The molecule has 0 spiro atoms. The Labute approximate surface area is 165 Å². The molecule has 6 nitrogen and oxygen atoms in total. The van der Waals surface area contributed by atoms with Gasteiger partial charge in [-0.25, -0.2) is 0 Å². The monoisotopic (exact) mass is 410 g/mol. The Bertz CT molecular complexity index is 435. The second-order valence-corrected chi connectivity index (χ2v) is 8.38. The van der Waals surface area contributed by atoms with Crippen LogP contribution in [0.1, 0.15) is 41.5 Å². The minimum atomic E-state index is 0.217. The Hall–Kier alpha value is -0.580. The summed E-state index contributed by atoms with van der Waals surface area (Å²) in [5.74, 6) is 0. The molecule has 6 N–H and O–H groups in total. The fourth-order valence-corrected chi connectivity index (χ4v) is 3.35.